The first-order valence-corrected chi connectivity index (χ1v) is 10.2. The van der Waals surface area contributed by atoms with E-state index in [9.17, 15) is 4.79 Å². The summed E-state index contributed by atoms with van der Waals surface area (Å²) >= 11 is 5.96. The Morgan fingerprint density at radius 1 is 1.10 bits per heavy atom. The summed E-state index contributed by atoms with van der Waals surface area (Å²) < 4.78 is 0. The van der Waals surface area contributed by atoms with Crippen molar-refractivity contribution in [1.82, 2.24) is 14.9 Å². The fraction of sp³-hybridized carbons (Fsp3) is 0.261. The minimum atomic E-state index is 0.00422. The zero-order chi connectivity index (χ0) is 20.4. The van der Waals surface area contributed by atoms with Gasteiger partial charge in [0.15, 0.2) is 5.82 Å². The van der Waals surface area contributed by atoms with Crippen LogP contribution in [0.1, 0.15) is 28.5 Å². The van der Waals surface area contributed by atoms with Crippen LogP contribution < -0.4 is 4.90 Å². The van der Waals surface area contributed by atoms with E-state index in [0.29, 0.717) is 30.1 Å². The molecule has 0 N–H and O–H groups in total. The highest BCUT2D eigenvalue weighted by molar-refractivity contribution is 6.30. The number of amides is 1. The average Bonchev–Trinajstić information content (AvgIpc) is 2.78. The maximum absolute atomic E-state index is 13.0. The van der Waals surface area contributed by atoms with Crippen LogP contribution in [0.25, 0.3) is 11.4 Å². The molecule has 148 valence electrons. The summed E-state index contributed by atoms with van der Waals surface area (Å²) in [7, 11) is 2.03. The van der Waals surface area contributed by atoms with Gasteiger partial charge < -0.3 is 9.80 Å². The second-order valence-corrected chi connectivity index (χ2v) is 7.60. The predicted molar refractivity (Wildman–Crippen MR) is 116 cm³/mol. The molecule has 0 spiro atoms. The minimum absolute atomic E-state index is 0.00422. The lowest BCUT2D eigenvalue weighted by molar-refractivity contribution is 0.0733. The van der Waals surface area contributed by atoms with Gasteiger partial charge in [0.2, 0.25) is 0 Å². The summed E-state index contributed by atoms with van der Waals surface area (Å²) in [5, 5.41) is 0.624. The van der Waals surface area contributed by atoms with E-state index < -0.39 is 0 Å². The molecule has 4 rings (SSSR count). The summed E-state index contributed by atoms with van der Waals surface area (Å²) in [5.74, 6) is 1.63. The molecule has 1 aliphatic heterocycles. The molecule has 1 aromatic heterocycles. The van der Waals surface area contributed by atoms with Crippen molar-refractivity contribution in [2.45, 2.75) is 19.9 Å². The number of rotatable bonds is 4. The van der Waals surface area contributed by atoms with Crippen LogP contribution >= 0.6 is 11.6 Å². The number of aromatic nitrogens is 2. The van der Waals surface area contributed by atoms with Crippen molar-refractivity contribution in [3.8, 4) is 11.4 Å². The summed E-state index contributed by atoms with van der Waals surface area (Å²) in [4.78, 5) is 26.7. The molecule has 0 saturated heterocycles. The van der Waals surface area contributed by atoms with E-state index in [4.69, 9.17) is 21.6 Å². The van der Waals surface area contributed by atoms with E-state index in [1.54, 1.807) is 24.3 Å². The van der Waals surface area contributed by atoms with Gasteiger partial charge in [0.05, 0.1) is 12.2 Å². The van der Waals surface area contributed by atoms with Crippen LogP contribution in [-0.4, -0.2) is 40.9 Å². The zero-order valence-electron chi connectivity index (χ0n) is 16.6. The summed E-state index contributed by atoms with van der Waals surface area (Å²) in [6, 6.07) is 17.1. The van der Waals surface area contributed by atoms with Crippen LogP contribution in [0, 0.1) is 0 Å². The van der Waals surface area contributed by atoms with Gasteiger partial charge in [0.1, 0.15) is 5.82 Å². The van der Waals surface area contributed by atoms with Crippen molar-refractivity contribution in [1.29, 1.82) is 0 Å². The lowest BCUT2D eigenvalue weighted by Gasteiger charge is -2.31. The Labute approximate surface area is 176 Å². The number of fused-ring (bicyclic) bond motifs is 1. The van der Waals surface area contributed by atoms with Crippen molar-refractivity contribution >= 4 is 23.3 Å². The molecule has 0 unspecified atom stereocenters. The molecule has 6 heteroatoms. The Bertz CT molecular complexity index is 1020. The first kappa shape index (κ1) is 19.4. The van der Waals surface area contributed by atoms with Gasteiger partial charge in [-0.3, -0.25) is 4.79 Å². The number of nitrogens with zero attached hydrogens (tertiary/aromatic N) is 4. The van der Waals surface area contributed by atoms with Gasteiger partial charge in [-0.2, -0.15) is 0 Å². The van der Waals surface area contributed by atoms with Crippen molar-refractivity contribution in [2.75, 3.05) is 25.0 Å². The van der Waals surface area contributed by atoms with Crippen LogP contribution in [0.15, 0.2) is 54.6 Å². The monoisotopic (exact) mass is 406 g/mol. The van der Waals surface area contributed by atoms with Gasteiger partial charge in [-0.05, 0) is 31.2 Å². The summed E-state index contributed by atoms with van der Waals surface area (Å²) in [5.41, 5.74) is 3.70. The molecule has 2 heterocycles. The molecule has 0 fully saturated rings. The molecular weight excluding hydrogens is 384 g/mol. The molecule has 3 aromatic rings. The van der Waals surface area contributed by atoms with Gasteiger partial charge in [-0.1, -0.05) is 41.9 Å². The van der Waals surface area contributed by atoms with Gasteiger partial charge >= 0.3 is 0 Å². The highest BCUT2D eigenvalue weighted by Gasteiger charge is 2.27. The number of anilines is 1. The van der Waals surface area contributed by atoms with E-state index in [0.717, 1.165) is 35.0 Å². The second-order valence-electron chi connectivity index (χ2n) is 7.16. The highest BCUT2D eigenvalue weighted by Crippen LogP contribution is 2.30. The fourth-order valence-electron chi connectivity index (χ4n) is 3.53. The third-order valence-electron chi connectivity index (χ3n) is 5.28. The maximum atomic E-state index is 13.0. The fourth-order valence-corrected chi connectivity index (χ4v) is 3.65. The van der Waals surface area contributed by atoms with Crippen molar-refractivity contribution in [3.63, 3.8) is 0 Å². The molecule has 0 saturated carbocycles. The molecule has 0 radical (unpaired) electrons. The van der Waals surface area contributed by atoms with Crippen LogP contribution in [0.2, 0.25) is 5.02 Å². The smallest absolute Gasteiger partial charge is 0.254 e. The number of hydrogen-bond acceptors (Lipinski definition) is 4. The highest BCUT2D eigenvalue weighted by atomic mass is 35.5. The molecule has 1 amide bonds. The van der Waals surface area contributed by atoms with E-state index in [2.05, 4.69) is 11.8 Å². The van der Waals surface area contributed by atoms with Crippen molar-refractivity contribution in [2.24, 2.45) is 0 Å². The third-order valence-corrected chi connectivity index (χ3v) is 5.54. The van der Waals surface area contributed by atoms with Gasteiger partial charge in [-0.25, -0.2) is 9.97 Å². The topological polar surface area (TPSA) is 49.3 Å². The van der Waals surface area contributed by atoms with Crippen molar-refractivity contribution < 1.29 is 4.79 Å². The number of benzene rings is 2. The summed E-state index contributed by atoms with van der Waals surface area (Å²) in [6.45, 7) is 4.06. The number of carbonyl (C=O) groups excluding carboxylic acids is 1. The molecule has 0 aliphatic carbocycles. The van der Waals surface area contributed by atoms with E-state index in [1.165, 1.54) is 0 Å². The van der Waals surface area contributed by atoms with E-state index >= 15 is 0 Å². The first-order valence-electron chi connectivity index (χ1n) is 9.78. The Balaban J connectivity index is 1.69. The van der Waals surface area contributed by atoms with E-state index in [1.807, 2.05) is 42.3 Å². The average molecular weight is 407 g/mol. The van der Waals surface area contributed by atoms with Crippen LogP contribution in [0.4, 0.5) is 5.82 Å². The molecule has 29 heavy (non-hydrogen) atoms. The van der Waals surface area contributed by atoms with E-state index in [-0.39, 0.29) is 5.91 Å². The Hall–Kier alpha value is -2.92. The van der Waals surface area contributed by atoms with Gasteiger partial charge in [0, 0.05) is 48.3 Å². The maximum Gasteiger partial charge on any atom is 0.254 e. The number of halogens is 1. The molecule has 2 aromatic carbocycles. The normalized spacial score (nSPS) is 13.1. The zero-order valence-corrected chi connectivity index (χ0v) is 17.4. The third kappa shape index (κ3) is 3.96. The van der Waals surface area contributed by atoms with Gasteiger partial charge in [-0.15, -0.1) is 0 Å². The summed E-state index contributed by atoms with van der Waals surface area (Å²) in [6.07, 6.45) is 0.710. The minimum Gasteiger partial charge on any atom is -0.360 e. The number of hydrogen-bond donors (Lipinski definition) is 0. The molecule has 5 nitrogen and oxygen atoms in total. The Morgan fingerprint density at radius 3 is 2.52 bits per heavy atom. The van der Waals surface area contributed by atoms with Crippen LogP contribution in [-0.2, 0) is 13.0 Å². The Morgan fingerprint density at radius 2 is 1.83 bits per heavy atom. The SMILES string of the molecule is CCN(C)c1nc(-c2ccccc2)nc2c1CN(C(=O)c1ccc(Cl)cc1)CC2. The Kier molecular flexibility index (Phi) is 5.49. The quantitative estimate of drug-likeness (QED) is 0.642. The standard InChI is InChI=1S/C23H23ClN4O/c1-3-27(2)22-19-15-28(23(29)17-9-11-18(24)12-10-17)14-13-20(19)25-21(26-22)16-7-5-4-6-8-16/h4-12H,3,13-15H2,1-2H3. The first-order chi connectivity index (χ1) is 14.1. The molecular formula is C23H23ClN4O. The largest absolute Gasteiger partial charge is 0.360 e. The predicted octanol–water partition coefficient (Wildman–Crippen LogP) is 4.45. The lowest BCUT2D eigenvalue weighted by atomic mass is 10.0. The second kappa shape index (κ2) is 8.21. The van der Waals surface area contributed by atoms with Gasteiger partial charge in [0.25, 0.3) is 5.91 Å². The van der Waals surface area contributed by atoms with Crippen molar-refractivity contribution in [3.05, 3.63) is 76.4 Å². The molecule has 0 bridgehead atoms. The molecule has 0 atom stereocenters. The van der Waals surface area contributed by atoms with Crippen LogP contribution in [0.5, 0.6) is 0 Å². The number of carbonyl (C=O) groups is 1. The molecule has 1 aliphatic rings. The lowest BCUT2D eigenvalue weighted by Crippen LogP contribution is -2.37. The van der Waals surface area contributed by atoms with Crippen LogP contribution in [0.3, 0.4) is 0 Å².